The molecule has 104 valence electrons. The maximum atomic E-state index is 13.1. The van der Waals surface area contributed by atoms with Crippen LogP contribution >= 0.6 is 0 Å². The number of hydrogen-bond acceptors (Lipinski definition) is 4. The SMILES string of the molecule is Cn1ccnc1CNC(=O)c1cc(F)ccc1[N+](=O)[O-]. The van der Waals surface area contributed by atoms with Gasteiger partial charge in [0, 0.05) is 25.5 Å². The largest absolute Gasteiger partial charge is 0.345 e. The number of halogens is 1. The summed E-state index contributed by atoms with van der Waals surface area (Å²) in [5, 5.41) is 13.3. The average Bonchev–Trinajstić information content (AvgIpc) is 2.81. The average molecular weight is 278 g/mol. The Morgan fingerprint density at radius 2 is 2.30 bits per heavy atom. The Morgan fingerprint density at radius 3 is 2.90 bits per heavy atom. The molecule has 0 spiro atoms. The molecule has 0 radical (unpaired) electrons. The zero-order chi connectivity index (χ0) is 14.7. The molecule has 1 heterocycles. The van der Waals surface area contributed by atoms with Gasteiger partial charge < -0.3 is 9.88 Å². The number of carbonyl (C=O) groups excluding carboxylic acids is 1. The van der Waals surface area contributed by atoms with Gasteiger partial charge >= 0.3 is 0 Å². The smallest absolute Gasteiger partial charge is 0.282 e. The van der Waals surface area contributed by atoms with Gasteiger partial charge in [0.2, 0.25) is 0 Å². The van der Waals surface area contributed by atoms with Crippen LogP contribution in [0, 0.1) is 15.9 Å². The molecule has 1 amide bonds. The van der Waals surface area contributed by atoms with Crippen LogP contribution in [-0.2, 0) is 13.6 Å². The van der Waals surface area contributed by atoms with Crippen LogP contribution in [0.2, 0.25) is 0 Å². The van der Waals surface area contributed by atoms with E-state index in [0.29, 0.717) is 5.82 Å². The zero-order valence-electron chi connectivity index (χ0n) is 10.5. The summed E-state index contributed by atoms with van der Waals surface area (Å²) in [6, 6.07) is 2.74. The van der Waals surface area contributed by atoms with Crippen LogP contribution in [-0.4, -0.2) is 20.4 Å². The first-order valence-electron chi connectivity index (χ1n) is 5.67. The van der Waals surface area contributed by atoms with Crippen LogP contribution in [0.25, 0.3) is 0 Å². The van der Waals surface area contributed by atoms with Gasteiger partial charge in [-0.1, -0.05) is 0 Å². The van der Waals surface area contributed by atoms with Crippen LogP contribution in [0.4, 0.5) is 10.1 Å². The quantitative estimate of drug-likeness (QED) is 0.676. The van der Waals surface area contributed by atoms with E-state index in [0.717, 1.165) is 18.2 Å². The van der Waals surface area contributed by atoms with Crippen molar-refractivity contribution in [3.05, 3.63) is 57.9 Å². The topological polar surface area (TPSA) is 90.1 Å². The van der Waals surface area contributed by atoms with Gasteiger partial charge in [0.25, 0.3) is 11.6 Å². The van der Waals surface area contributed by atoms with Crippen LogP contribution in [0.1, 0.15) is 16.2 Å². The molecule has 0 fully saturated rings. The number of benzene rings is 1. The van der Waals surface area contributed by atoms with Gasteiger partial charge in [-0.2, -0.15) is 0 Å². The fourth-order valence-electron chi connectivity index (χ4n) is 1.67. The lowest BCUT2D eigenvalue weighted by Crippen LogP contribution is -2.25. The Morgan fingerprint density at radius 1 is 1.55 bits per heavy atom. The first-order chi connectivity index (χ1) is 9.49. The summed E-state index contributed by atoms with van der Waals surface area (Å²) in [5.41, 5.74) is -0.757. The van der Waals surface area contributed by atoms with Gasteiger partial charge in [-0.05, 0) is 12.1 Å². The van der Waals surface area contributed by atoms with E-state index in [1.165, 1.54) is 0 Å². The molecular weight excluding hydrogens is 267 g/mol. The Labute approximate surface area is 113 Å². The Kier molecular flexibility index (Phi) is 3.74. The minimum absolute atomic E-state index is 0.0933. The number of amides is 1. The van der Waals surface area contributed by atoms with Crippen molar-refractivity contribution in [2.24, 2.45) is 7.05 Å². The summed E-state index contributed by atoms with van der Waals surface area (Å²) >= 11 is 0. The van der Waals surface area contributed by atoms with E-state index < -0.39 is 22.3 Å². The van der Waals surface area contributed by atoms with E-state index in [2.05, 4.69) is 10.3 Å². The number of hydrogen-bond donors (Lipinski definition) is 1. The summed E-state index contributed by atoms with van der Waals surface area (Å²) in [6.45, 7) is 0.0933. The summed E-state index contributed by atoms with van der Waals surface area (Å²) in [4.78, 5) is 26.0. The second kappa shape index (κ2) is 5.47. The molecule has 8 heteroatoms. The second-order valence-corrected chi connectivity index (χ2v) is 4.06. The fourth-order valence-corrected chi connectivity index (χ4v) is 1.67. The van der Waals surface area contributed by atoms with Crippen molar-refractivity contribution in [2.45, 2.75) is 6.54 Å². The maximum Gasteiger partial charge on any atom is 0.282 e. The molecule has 0 aliphatic heterocycles. The molecule has 0 atom stereocenters. The first-order valence-corrected chi connectivity index (χ1v) is 5.67. The highest BCUT2D eigenvalue weighted by molar-refractivity contribution is 5.98. The highest BCUT2D eigenvalue weighted by Gasteiger charge is 2.20. The number of nitro groups is 1. The minimum Gasteiger partial charge on any atom is -0.345 e. The Balaban J connectivity index is 2.19. The van der Waals surface area contributed by atoms with E-state index in [1.807, 2.05) is 0 Å². The van der Waals surface area contributed by atoms with Crippen molar-refractivity contribution in [1.29, 1.82) is 0 Å². The van der Waals surface area contributed by atoms with Gasteiger partial charge in [-0.3, -0.25) is 14.9 Å². The molecule has 1 aromatic heterocycles. The lowest BCUT2D eigenvalue weighted by atomic mass is 10.1. The number of nitro benzene ring substituents is 1. The summed E-state index contributed by atoms with van der Waals surface area (Å²) in [5.74, 6) is -0.852. The first kappa shape index (κ1) is 13.7. The van der Waals surface area contributed by atoms with Crippen molar-refractivity contribution in [2.75, 3.05) is 0 Å². The van der Waals surface area contributed by atoms with Crippen molar-refractivity contribution in [3.8, 4) is 0 Å². The number of carbonyl (C=O) groups is 1. The predicted molar refractivity (Wildman–Crippen MR) is 67.4 cm³/mol. The van der Waals surface area contributed by atoms with Gasteiger partial charge in [0.05, 0.1) is 11.5 Å². The van der Waals surface area contributed by atoms with Gasteiger partial charge in [-0.25, -0.2) is 9.37 Å². The molecule has 2 rings (SSSR count). The van der Waals surface area contributed by atoms with E-state index in [9.17, 15) is 19.3 Å². The van der Waals surface area contributed by atoms with Gasteiger partial charge in [0.15, 0.2) is 0 Å². The molecule has 0 aliphatic rings. The third-order valence-electron chi connectivity index (χ3n) is 2.73. The number of aromatic nitrogens is 2. The number of aryl methyl sites for hydroxylation is 1. The van der Waals surface area contributed by atoms with Gasteiger partial charge in [-0.15, -0.1) is 0 Å². The third kappa shape index (κ3) is 2.79. The van der Waals surface area contributed by atoms with Crippen LogP contribution in [0.15, 0.2) is 30.6 Å². The highest BCUT2D eigenvalue weighted by atomic mass is 19.1. The lowest BCUT2D eigenvalue weighted by Gasteiger charge is -2.06. The highest BCUT2D eigenvalue weighted by Crippen LogP contribution is 2.19. The van der Waals surface area contributed by atoms with E-state index >= 15 is 0 Å². The van der Waals surface area contributed by atoms with Crippen molar-refractivity contribution in [1.82, 2.24) is 14.9 Å². The molecule has 0 bridgehead atoms. The van der Waals surface area contributed by atoms with Gasteiger partial charge in [0.1, 0.15) is 17.2 Å². The lowest BCUT2D eigenvalue weighted by molar-refractivity contribution is -0.385. The zero-order valence-corrected chi connectivity index (χ0v) is 10.5. The normalized spacial score (nSPS) is 10.3. The molecule has 2 aromatic rings. The van der Waals surface area contributed by atoms with Crippen LogP contribution in [0.3, 0.4) is 0 Å². The standard InChI is InChI=1S/C12H11FN4O3/c1-16-5-4-14-11(16)7-15-12(18)9-6-8(13)2-3-10(9)17(19)20/h2-6H,7H2,1H3,(H,15,18). The Hall–Kier alpha value is -2.77. The van der Waals surface area contributed by atoms with Crippen LogP contribution < -0.4 is 5.32 Å². The van der Waals surface area contributed by atoms with E-state index in [4.69, 9.17) is 0 Å². The number of nitrogens with zero attached hydrogens (tertiary/aromatic N) is 3. The monoisotopic (exact) mass is 278 g/mol. The number of rotatable bonds is 4. The number of nitrogens with one attached hydrogen (secondary N) is 1. The molecule has 0 saturated carbocycles. The molecule has 7 nitrogen and oxygen atoms in total. The predicted octanol–water partition coefficient (Wildman–Crippen LogP) is 1.40. The van der Waals surface area contributed by atoms with Crippen molar-refractivity contribution < 1.29 is 14.1 Å². The third-order valence-corrected chi connectivity index (χ3v) is 2.73. The Bertz CT molecular complexity index is 668. The summed E-state index contributed by atoms with van der Waals surface area (Å²) in [7, 11) is 1.75. The van der Waals surface area contributed by atoms with E-state index in [-0.39, 0.29) is 12.1 Å². The summed E-state index contributed by atoms with van der Waals surface area (Å²) < 4.78 is 14.8. The maximum absolute atomic E-state index is 13.1. The van der Waals surface area contributed by atoms with Crippen molar-refractivity contribution in [3.63, 3.8) is 0 Å². The van der Waals surface area contributed by atoms with E-state index in [1.54, 1.807) is 24.0 Å². The number of imidazole rings is 1. The molecule has 0 aliphatic carbocycles. The molecule has 1 N–H and O–H groups in total. The fraction of sp³-hybridized carbons (Fsp3) is 0.167. The minimum atomic E-state index is -0.727. The molecule has 0 saturated heterocycles. The molecule has 0 unspecified atom stereocenters. The summed E-state index contributed by atoms with van der Waals surface area (Å²) in [6.07, 6.45) is 3.26. The second-order valence-electron chi connectivity index (χ2n) is 4.06. The molecule has 1 aromatic carbocycles. The molecular formula is C12H11FN4O3. The molecule has 20 heavy (non-hydrogen) atoms. The van der Waals surface area contributed by atoms with Crippen molar-refractivity contribution >= 4 is 11.6 Å². The van der Waals surface area contributed by atoms with Crippen LogP contribution in [0.5, 0.6) is 0 Å².